The quantitative estimate of drug-likeness (QED) is 0.738. The molecule has 0 saturated carbocycles. The van der Waals surface area contributed by atoms with Crippen LogP contribution >= 0.6 is 0 Å². The van der Waals surface area contributed by atoms with Gasteiger partial charge in [0.2, 0.25) is 0 Å². The first kappa shape index (κ1) is 12.0. The minimum atomic E-state index is 0.213. The van der Waals surface area contributed by atoms with Crippen molar-refractivity contribution < 1.29 is 0 Å². The molecule has 0 amide bonds. The van der Waals surface area contributed by atoms with Gasteiger partial charge < -0.3 is 5.32 Å². The highest BCUT2D eigenvalue weighted by atomic mass is 14.9. The smallest absolute Gasteiger partial charge is 0.0371 e. The first-order valence-corrected chi connectivity index (χ1v) is 5.45. The number of nitrogens with one attached hydrogen (secondary N) is 1. The van der Waals surface area contributed by atoms with Crippen LogP contribution in [-0.2, 0) is 0 Å². The van der Waals surface area contributed by atoms with E-state index in [1.54, 1.807) is 0 Å². The van der Waals surface area contributed by atoms with Gasteiger partial charge in [0, 0.05) is 12.6 Å². The van der Waals surface area contributed by atoms with E-state index in [9.17, 15) is 0 Å². The summed E-state index contributed by atoms with van der Waals surface area (Å²) in [7, 11) is 0. The third-order valence-corrected chi connectivity index (χ3v) is 2.47. The first-order chi connectivity index (χ1) is 7.05. The molecule has 0 heterocycles. The van der Waals surface area contributed by atoms with Gasteiger partial charge in [-0.3, -0.25) is 0 Å². The highest BCUT2D eigenvalue weighted by Gasteiger charge is 2.24. The maximum atomic E-state index is 3.75. The third kappa shape index (κ3) is 3.52. The molecule has 15 heavy (non-hydrogen) atoms. The third-order valence-electron chi connectivity index (χ3n) is 2.47. The molecule has 1 N–H and O–H groups in total. The molecule has 0 aliphatic heterocycles. The average Bonchev–Trinajstić information content (AvgIpc) is 2.18. The zero-order valence-corrected chi connectivity index (χ0v) is 9.96. The summed E-state index contributed by atoms with van der Waals surface area (Å²) < 4.78 is 0. The Bertz CT molecular complexity index is 295. The number of hydrogen-bond acceptors (Lipinski definition) is 1. The topological polar surface area (TPSA) is 12.0 Å². The van der Waals surface area contributed by atoms with E-state index in [1.165, 1.54) is 5.56 Å². The molecule has 0 aromatic heterocycles. The number of rotatable bonds is 4. The predicted octanol–water partition coefficient (Wildman–Crippen LogP) is 3.55. The van der Waals surface area contributed by atoms with Gasteiger partial charge in [-0.05, 0) is 11.0 Å². The Kier molecular flexibility index (Phi) is 4.10. The molecule has 0 radical (unpaired) electrons. The van der Waals surface area contributed by atoms with Crippen molar-refractivity contribution in [2.24, 2.45) is 5.41 Å². The Morgan fingerprint density at radius 1 is 1.27 bits per heavy atom. The average molecular weight is 203 g/mol. The molecule has 1 aromatic carbocycles. The predicted molar refractivity (Wildman–Crippen MR) is 66.8 cm³/mol. The molecule has 1 rings (SSSR count). The molecule has 0 spiro atoms. The molecule has 1 nitrogen and oxygen atoms in total. The van der Waals surface area contributed by atoms with Crippen molar-refractivity contribution in [1.82, 2.24) is 5.32 Å². The van der Waals surface area contributed by atoms with Crippen molar-refractivity contribution in [1.29, 1.82) is 0 Å². The van der Waals surface area contributed by atoms with Gasteiger partial charge in [0.05, 0.1) is 0 Å². The van der Waals surface area contributed by atoms with E-state index >= 15 is 0 Å². The van der Waals surface area contributed by atoms with Crippen molar-refractivity contribution in [2.45, 2.75) is 26.8 Å². The highest BCUT2D eigenvalue weighted by Crippen LogP contribution is 2.32. The largest absolute Gasteiger partial charge is 0.306 e. The van der Waals surface area contributed by atoms with Gasteiger partial charge in [0.1, 0.15) is 0 Å². The Balaban J connectivity index is 2.86. The van der Waals surface area contributed by atoms with E-state index in [-0.39, 0.29) is 5.41 Å². The van der Waals surface area contributed by atoms with Crippen LogP contribution < -0.4 is 5.32 Å². The van der Waals surface area contributed by atoms with Crippen LogP contribution in [-0.4, -0.2) is 6.54 Å². The van der Waals surface area contributed by atoms with Gasteiger partial charge in [0.25, 0.3) is 0 Å². The summed E-state index contributed by atoms with van der Waals surface area (Å²) in [6.45, 7) is 11.3. The van der Waals surface area contributed by atoms with Gasteiger partial charge in [0.15, 0.2) is 0 Å². The monoisotopic (exact) mass is 203 g/mol. The first-order valence-electron chi connectivity index (χ1n) is 5.45. The lowest BCUT2D eigenvalue weighted by molar-refractivity contribution is 0.280. The Morgan fingerprint density at radius 3 is 2.33 bits per heavy atom. The fourth-order valence-electron chi connectivity index (χ4n) is 1.77. The molecule has 0 aliphatic carbocycles. The molecule has 1 heteroatoms. The zero-order valence-electron chi connectivity index (χ0n) is 9.96. The fourth-order valence-corrected chi connectivity index (χ4v) is 1.77. The summed E-state index contributed by atoms with van der Waals surface area (Å²) >= 11 is 0. The van der Waals surface area contributed by atoms with Crippen LogP contribution in [0, 0.1) is 5.41 Å². The minimum absolute atomic E-state index is 0.213. The minimum Gasteiger partial charge on any atom is -0.306 e. The zero-order chi connectivity index (χ0) is 11.3. The van der Waals surface area contributed by atoms with Gasteiger partial charge in [-0.2, -0.15) is 0 Å². The summed E-state index contributed by atoms with van der Waals surface area (Å²) in [6.07, 6.45) is 1.90. The standard InChI is InChI=1S/C14H21N/c1-5-11-15-13(14(2,3)4)12-9-7-6-8-10-12/h5-10,13,15H,1,11H2,2-4H3. The lowest BCUT2D eigenvalue weighted by Crippen LogP contribution is -2.32. The summed E-state index contributed by atoms with van der Waals surface area (Å²) in [4.78, 5) is 0. The lowest BCUT2D eigenvalue weighted by Gasteiger charge is -2.31. The molecule has 1 atom stereocenters. The van der Waals surface area contributed by atoms with Crippen molar-refractivity contribution in [2.75, 3.05) is 6.54 Å². The molecule has 82 valence electrons. The molecule has 0 aliphatic rings. The van der Waals surface area contributed by atoms with E-state index in [0.29, 0.717) is 6.04 Å². The normalized spacial score (nSPS) is 13.5. The van der Waals surface area contributed by atoms with Crippen LogP contribution in [0.2, 0.25) is 0 Å². The maximum Gasteiger partial charge on any atom is 0.0371 e. The Morgan fingerprint density at radius 2 is 1.87 bits per heavy atom. The van der Waals surface area contributed by atoms with Crippen LogP contribution in [0.3, 0.4) is 0 Å². The van der Waals surface area contributed by atoms with Gasteiger partial charge >= 0.3 is 0 Å². The van der Waals surface area contributed by atoms with E-state index in [1.807, 2.05) is 6.08 Å². The van der Waals surface area contributed by atoms with Crippen LogP contribution in [0.15, 0.2) is 43.0 Å². The van der Waals surface area contributed by atoms with Crippen molar-refractivity contribution in [3.05, 3.63) is 48.6 Å². The van der Waals surface area contributed by atoms with Crippen LogP contribution in [0.25, 0.3) is 0 Å². The summed E-state index contributed by atoms with van der Waals surface area (Å²) in [5, 5.41) is 3.51. The molecular weight excluding hydrogens is 182 g/mol. The van der Waals surface area contributed by atoms with Crippen LogP contribution in [0.5, 0.6) is 0 Å². The van der Waals surface area contributed by atoms with E-state index in [4.69, 9.17) is 0 Å². The van der Waals surface area contributed by atoms with E-state index in [2.05, 4.69) is 63.0 Å². The molecule has 0 saturated heterocycles. The molecule has 1 aromatic rings. The molecular formula is C14H21N. The molecule has 0 bridgehead atoms. The number of hydrogen-bond donors (Lipinski definition) is 1. The van der Waals surface area contributed by atoms with Crippen molar-refractivity contribution in [3.63, 3.8) is 0 Å². The molecule has 0 fully saturated rings. The summed E-state index contributed by atoms with van der Waals surface area (Å²) in [5.74, 6) is 0. The SMILES string of the molecule is C=CCNC(c1ccccc1)C(C)(C)C. The van der Waals surface area contributed by atoms with E-state index in [0.717, 1.165) is 6.54 Å². The second-order valence-corrected chi connectivity index (χ2v) is 4.91. The van der Waals surface area contributed by atoms with Gasteiger partial charge in [-0.1, -0.05) is 57.2 Å². The second kappa shape index (κ2) is 5.13. The van der Waals surface area contributed by atoms with Crippen LogP contribution in [0.1, 0.15) is 32.4 Å². The van der Waals surface area contributed by atoms with Crippen molar-refractivity contribution >= 4 is 0 Å². The highest BCUT2D eigenvalue weighted by molar-refractivity contribution is 5.20. The van der Waals surface area contributed by atoms with E-state index < -0.39 is 0 Å². The Hall–Kier alpha value is -1.08. The lowest BCUT2D eigenvalue weighted by atomic mass is 9.82. The molecule has 1 unspecified atom stereocenters. The van der Waals surface area contributed by atoms with Gasteiger partial charge in [-0.25, -0.2) is 0 Å². The van der Waals surface area contributed by atoms with Gasteiger partial charge in [-0.15, -0.1) is 6.58 Å². The Labute approximate surface area is 93.2 Å². The summed E-state index contributed by atoms with van der Waals surface area (Å²) in [5.41, 5.74) is 1.55. The maximum absolute atomic E-state index is 3.75. The second-order valence-electron chi connectivity index (χ2n) is 4.91. The summed E-state index contributed by atoms with van der Waals surface area (Å²) in [6, 6.07) is 10.9. The fraction of sp³-hybridized carbons (Fsp3) is 0.429. The van der Waals surface area contributed by atoms with Crippen LogP contribution in [0.4, 0.5) is 0 Å². The number of benzene rings is 1. The van der Waals surface area contributed by atoms with Crippen molar-refractivity contribution in [3.8, 4) is 0 Å².